The zero-order valence-corrected chi connectivity index (χ0v) is 11.9. The van der Waals surface area contributed by atoms with Crippen LogP contribution in [0.25, 0.3) is 0 Å². The first-order valence-corrected chi connectivity index (χ1v) is 6.46. The molecule has 0 saturated carbocycles. The summed E-state index contributed by atoms with van der Waals surface area (Å²) in [7, 11) is 1.59. The summed E-state index contributed by atoms with van der Waals surface area (Å²) in [6.07, 6.45) is 1.53. The number of carbonyl (C=O) groups is 1. The van der Waals surface area contributed by atoms with Crippen LogP contribution in [0.5, 0.6) is 0 Å². The van der Waals surface area contributed by atoms with Crippen LogP contribution in [0.15, 0.2) is 42.6 Å². The van der Waals surface area contributed by atoms with E-state index >= 15 is 0 Å². The molecule has 0 aliphatic heterocycles. The largest absolute Gasteiger partial charge is 0.336 e. The molecule has 0 aliphatic rings. The van der Waals surface area contributed by atoms with Crippen molar-refractivity contribution < 1.29 is 9.72 Å². The van der Waals surface area contributed by atoms with Crippen LogP contribution in [0.2, 0.25) is 5.02 Å². The quantitative estimate of drug-likeness (QED) is 0.643. The fourth-order valence-electron chi connectivity index (χ4n) is 1.81. The second kappa shape index (κ2) is 6.32. The molecule has 0 atom stereocenters. The lowest BCUT2D eigenvalue weighted by molar-refractivity contribution is -0.384. The highest BCUT2D eigenvalue weighted by atomic mass is 35.5. The molecule has 1 aromatic carbocycles. The summed E-state index contributed by atoms with van der Waals surface area (Å²) >= 11 is 6.02. The van der Waals surface area contributed by atoms with Crippen molar-refractivity contribution in [1.82, 2.24) is 9.88 Å². The lowest BCUT2D eigenvalue weighted by atomic mass is 10.2. The van der Waals surface area contributed by atoms with Crippen LogP contribution < -0.4 is 0 Å². The molecule has 21 heavy (non-hydrogen) atoms. The van der Waals surface area contributed by atoms with Crippen molar-refractivity contribution in [2.75, 3.05) is 7.05 Å². The zero-order chi connectivity index (χ0) is 15.4. The Balaban J connectivity index is 2.19. The lowest BCUT2D eigenvalue weighted by Crippen LogP contribution is -2.27. The van der Waals surface area contributed by atoms with Gasteiger partial charge in [-0.2, -0.15) is 0 Å². The van der Waals surface area contributed by atoms with Crippen LogP contribution in [0.4, 0.5) is 5.69 Å². The minimum absolute atomic E-state index is 0.0620. The average Bonchev–Trinajstić information content (AvgIpc) is 2.49. The van der Waals surface area contributed by atoms with E-state index in [2.05, 4.69) is 4.98 Å². The summed E-state index contributed by atoms with van der Waals surface area (Å²) in [5.74, 6) is -0.279. The van der Waals surface area contributed by atoms with Gasteiger partial charge in [-0.3, -0.25) is 19.9 Å². The second-order valence-corrected chi connectivity index (χ2v) is 4.82. The van der Waals surface area contributed by atoms with Gasteiger partial charge in [0.2, 0.25) is 0 Å². The molecule has 0 spiro atoms. The molecule has 0 N–H and O–H groups in total. The fraction of sp³-hybridized carbons (Fsp3) is 0.143. The third-order valence-corrected chi connectivity index (χ3v) is 3.25. The Morgan fingerprint density at radius 3 is 2.76 bits per heavy atom. The number of nitro groups is 1. The molecule has 108 valence electrons. The first-order valence-electron chi connectivity index (χ1n) is 6.08. The number of nitro benzene ring substituents is 1. The van der Waals surface area contributed by atoms with Crippen LogP contribution in [0.3, 0.4) is 0 Å². The minimum Gasteiger partial charge on any atom is -0.336 e. The van der Waals surface area contributed by atoms with Gasteiger partial charge in [-0.1, -0.05) is 17.7 Å². The highest BCUT2D eigenvalue weighted by Crippen LogP contribution is 2.23. The number of rotatable bonds is 4. The molecule has 2 rings (SSSR count). The first kappa shape index (κ1) is 14.9. The third-order valence-electron chi connectivity index (χ3n) is 2.88. The summed E-state index contributed by atoms with van der Waals surface area (Å²) in [5.41, 5.74) is 0.757. The number of non-ortho nitro benzene ring substituents is 1. The molecule has 0 aliphatic carbocycles. The fourth-order valence-corrected chi connectivity index (χ4v) is 1.99. The smallest absolute Gasteiger partial charge is 0.272 e. The van der Waals surface area contributed by atoms with Gasteiger partial charge in [0, 0.05) is 36.9 Å². The van der Waals surface area contributed by atoms with E-state index in [9.17, 15) is 14.9 Å². The predicted molar refractivity (Wildman–Crippen MR) is 78.1 cm³/mol. The van der Waals surface area contributed by atoms with Gasteiger partial charge in [0.05, 0.1) is 4.92 Å². The number of hydrogen-bond acceptors (Lipinski definition) is 4. The molecular weight excluding hydrogens is 294 g/mol. The number of halogens is 1. The van der Waals surface area contributed by atoms with Crippen molar-refractivity contribution in [2.24, 2.45) is 0 Å². The highest BCUT2D eigenvalue weighted by Gasteiger charge is 2.16. The van der Waals surface area contributed by atoms with Crippen LogP contribution in [-0.2, 0) is 6.54 Å². The Kier molecular flexibility index (Phi) is 4.49. The highest BCUT2D eigenvalue weighted by molar-refractivity contribution is 6.31. The maximum absolute atomic E-state index is 12.2. The van der Waals surface area contributed by atoms with Gasteiger partial charge in [-0.25, -0.2) is 0 Å². The summed E-state index contributed by atoms with van der Waals surface area (Å²) in [4.78, 5) is 27.8. The molecule has 1 heterocycles. The normalized spacial score (nSPS) is 10.2. The molecule has 7 heteroatoms. The molecular formula is C14H12ClN3O3. The minimum atomic E-state index is -0.500. The monoisotopic (exact) mass is 305 g/mol. The summed E-state index contributed by atoms with van der Waals surface area (Å²) in [6, 6.07) is 9.18. The van der Waals surface area contributed by atoms with Gasteiger partial charge in [0.15, 0.2) is 0 Å². The third kappa shape index (κ3) is 3.55. The van der Waals surface area contributed by atoms with E-state index in [-0.39, 0.29) is 18.1 Å². The van der Waals surface area contributed by atoms with Gasteiger partial charge in [-0.15, -0.1) is 0 Å². The van der Waals surface area contributed by atoms with Crippen LogP contribution >= 0.6 is 11.6 Å². The van der Waals surface area contributed by atoms with Gasteiger partial charge in [0.25, 0.3) is 11.6 Å². The molecule has 2 aromatic rings. The van der Waals surface area contributed by atoms with E-state index in [1.54, 1.807) is 25.2 Å². The molecule has 1 amide bonds. The Labute approximate surface area is 126 Å². The second-order valence-electron chi connectivity index (χ2n) is 4.41. The Bertz CT molecular complexity index is 676. The predicted octanol–water partition coefficient (Wildman–Crippen LogP) is 2.92. The van der Waals surface area contributed by atoms with E-state index in [1.165, 1.54) is 29.3 Å². The van der Waals surface area contributed by atoms with Crippen molar-refractivity contribution in [1.29, 1.82) is 0 Å². The van der Waals surface area contributed by atoms with E-state index in [4.69, 9.17) is 11.6 Å². The molecule has 0 saturated heterocycles. The van der Waals surface area contributed by atoms with Crippen LogP contribution in [-0.4, -0.2) is 27.8 Å². The van der Waals surface area contributed by atoms with Gasteiger partial charge in [0.1, 0.15) is 5.69 Å². The SMILES string of the molecule is CN(Cc1cc([N+](=O)[O-])ccc1Cl)C(=O)c1ccccn1. The number of carbonyl (C=O) groups excluding carboxylic acids is 1. The van der Waals surface area contributed by atoms with Gasteiger partial charge in [-0.05, 0) is 23.8 Å². The molecule has 1 aromatic heterocycles. The van der Waals surface area contributed by atoms with Crippen molar-refractivity contribution in [3.8, 4) is 0 Å². The Morgan fingerprint density at radius 1 is 1.38 bits per heavy atom. The molecule has 0 radical (unpaired) electrons. The van der Waals surface area contributed by atoms with Crippen molar-refractivity contribution in [3.05, 3.63) is 69.0 Å². The van der Waals surface area contributed by atoms with E-state index < -0.39 is 4.92 Å². The molecule has 0 fully saturated rings. The van der Waals surface area contributed by atoms with E-state index in [0.29, 0.717) is 16.3 Å². The summed E-state index contributed by atoms with van der Waals surface area (Å²) < 4.78 is 0. The van der Waals surface area contributed by atoms with Crippen molar-refractivity contribution in [2.45, 2.75) is 6.54 Å². The van der Waals surface area contributed by atoms with Crippen LogP contribution in [0.1, 0.15) is 16.1 Å². The molecule has 0 bridgehead atoms. The van der Waals surface area contributed by atoms with E-state index in [1.807, 2.05) is 0 Å². The lowest BCUT2D eigenvalue weighted by Gasteiger charge is -2.17. The van der Waals surface area contributed by atoms with Crippen LogP contribution in [0, 0.1) is 10.1 Å². The van der Waals surface area contributed by atoms with Crippen molar-refractivity contribution >= 4 is 23.2 Å². The first-order chi connectivity index (χ1) is 9.99. The standard InChI is InChI=1S/C14H12ClN3O3/c1-17(14(19)13-4-2-3-7-16-13)9-10-8-11(18(20)21)5-6-12(10)15/h2-8H,9H2,1H3. The van der Waals surface area contributed by atoms with Crippen molar-refractivity contribution in [3.63, 3.8) is 0 Å². The number of nitrogens with zero attached hydrogens (tertiary/aromatic N) is 3. The van der Waals surface area contributed by atoms with Gasteiger partial charge >= 0.3 is 0 Å². The molecule has 6 nitrogen and oxygen atoms in total. The maximum atomic E-state index is 12.2. The van der Waals surface area contributed by atoms with Gasteiger partial charge < -0.3 is 4.90 Å². The summed E-state index contributed by atoms with van der Waals surface area (Å²) in [5, 5.41) is 11.2. The number of amides is 1. The average molecular weight is 306 g/mol. The topological polar surface area (TPSA) is 76.3 Å². The summed E-state index contributed by atoms with van der Waals surface area (Å²) in [6.45, 7) is 0.163. The number of pyridine rings is 1. The zero-order valence-electron chi connectivity index (χ0n) is 11.2. The Hall–Kier alpha value is -2.47. The Morgan fingerprint density at radius 2 is 2.14 bits per heavy atom. The van der Waals surface area contributed by atoms with E-state index in [0.717, 1.165) is 0 Å². The maximum Gasteiger partial charge on any atom is 0.272 e. The number of hydrogen-bond donors (Lipinski definition) is 0. The molecule has 0 unspecified atom stereocenters. The number of aromatic nitrogens is 1. The number of benzene rings is 1.